The minimum atomic E-state index is -0.725. The molecule has 7 nitrogen and oxygen atoms in total. The molecule has 1 fully saturated rings. The van der Waals surface area contributed by atoms with E-state index in [1.54, 1.807) is 38.1 Å². The average molecular weight is 398 g/mol. The van der Waals surface area contributed by atoms with Gasteiger partial charge in [0.15, 0.2) is 0 Å². The lowest BCUT2D eigenvalue weighted by Crippen LogP contribution is -2.39. The van der Waals surface area contributed by atoms with Gasteiger partial charge in [-0.2, -0.15) is 0 Å². The Morgan fingerprint density at radius 1 is 1.22 bits per heavy atom. The van der Waals surface area contributed by atoms with Crippen molar-refractivity contribution in [2.45, 2.75) is 39.2 Å². The van der Waals surface area contributed by atoms with Crippen LogP contribution in [0.5, 0.6) is 0 Å². The Kier molecular flexibility index (Phi) is 9.25. The van der Waals surface area contributed by atoms with Crippen LogP contribution in [-0.4, -0.2) is 37.0 Å². The number of carbonyl (C=O) groups is 3. The molecule has 1 unspecified atom stereocenters. The number of esters is 1. The van der Waals surface area contributed by atoms with Gasteiger partial charge in [0.2, 0.25) is 5.91 Å². The number of nitrogens with two attached hydrogens (primary N) is 1. The first-order valence-corrected chi connectivity index (χ1v) is 9.04. The van der Waals surface area contributed by atoms with E-state index in [4.69, 9.17) is 10.5 Å². The molecule has 0 saturated heterocycles. The van der Waals surface area contributed by atoms with Crippen LogP contribution < -0.4 is 16.4 Å². The zero-order chi connectivity index (χ0) is 19.1. The standard InChI is InChI=1S/C19H27N3O4.ClH/c1-3-26-19(25)12(2)21-17(23)13-7-9-15(10-8-13)22-18(24)16-6-4-5-14(16)11-20;/h7-10,12,14,16H,3-6,11,20H2,1-2H3,(H,21,23)(H,22,24);1H/t12?,14-,16-;/m1./s1. The monoisotopic (exact) mass is 397 g/mol. The highest BCUT2D eigenvalue weighted by Gasteiger charge is 2.31. The predicted octanol–water partition coefficient (Wildman–Crippen LogP) is 2.10. The normalized spacial score (nSPS) is 19.5. The van der Waals surface area contributed by atoms with E-state index in [0.29, 0.717) is 17.8 Å². The van der Waals surface area contributed by atoms with Gasteiger partial charge in [-0.05, 0) is 63.4 Å². The Morgan fingerprint density at radius 2 is 1.89 bits per heavy atom. The Labute approximate surface area is 165 Å². The molecular weight excluding hydrogens is 370 g/mol. The summed E-state index contributed by atoms with van der Waals surface area (Å²) in [5.41, 5.74) is 6.77. The van der Waals surface area contributed by atoms with Crippen LogP contribution in [0.2, 0.25) is 0 Å². The van der Waals surface area contributed by atoms with Crippen LogP contribution in [0.1, 0.15) is 43.5 Å². The van der Waals surface area contributed by atoms with Crippen LogP contribution in [0.4, 0.5) is 5.69 Å². The van der Waals surface area contributed by atoms with Crippen molar-refractivity contribution in [3.8, 4) is 0 Å². The second-order valence-electron chi connectivity index (χ2n) is 6.55. The van der Waals surface area contributed by atoms with E-state index in [2.05, 4.69) is 10.6 Å². The molecule has 150 valence electrons. The van der Waals surface area contributed by atoms with Gasteiger partial charge in [-0.15, -0.1) is 12.4 Å². The van der Waals surface area contributed by atoms with Crippen LogP contribution >= 0.6 is 12.4 Å². The summed E-state index contributed by atoms with van der Waals surface area (Å²) in [4.78, 5) is 36.1. The van der Waals surface area contributed by atoms with E-state index in [1.165, 1.54) is 0 Å². The topological polar surface area (TPSA) is 111 Å². The molecule has 0 heterocycles. The largest absolute Gasteiger partial charge is 0.464 e. The number of anilines is 1. The molecule has 4 N–H and O–H groups in total. The maximum atomic E-state index is 12.4. The quantitative estimate of drug-likeness (QED) is 0.610. The summed E-state index contributed by atoms with van der Waals surface area (Å²) in [6.07, 6.45) is 2.88. The number of amides is 2. The van der Waals surface area contributed by atoms with Gasteiger partial charge >= 0.3 is 5.97 Å². The van der Waals surface area contributed by atoms with Gasteiger partial charge < -0.3 is 21.1 Å². The summed E-state index contributed by atoms with van der Waals surface area (Å²) < 4.78 is 4.86. The Morgan fingerprint density at radius 3 is 2.48 bits per heavy atom. The highest BCUT2D eigenvalue weighted by atomic mass is 35.5. The van der Waals surface area contributed by atoms with Crippen LogP contribution in [0.3, 0.4) is 0 Å². The van der Waals surface area contributed by atoms with E-state index < -0.39 is 12.0 Å². The van der Waals surface area contributed by atoms with Crippen LogP contribution in [-0.2, 0) is 14.3 Å². The van der Waals surface area contributed by atoms with Crippen molar-refractivity contribution < 1.29 is 19.1 Å². The highest BCUT2D eigenvalue weighted by Crippen LogP contribution is 2.31. The van der Waals surface area contributed by atoms with Gasteiger partial charge in [-0.25, -0.2) is 4.79 Å². The van der Waals surface area contributed by atoms with Crippen LogP contribution in [0, 0.1) is 11.8 Å². The molecule has 8 heteroatoms. The number of benzene rings is 1. The fraction of sp³-hybridized carbons (Fsp3) is 0.526. The van der Waals surface area contributed by atoms with E-state index in [9.17, 15) is 14.4 Å². The van der Waals surface area contributed by atoms with Crippen molar-refractivity contribution in [3.63, 3.8) is 0 Å². The van der Waals surface area contributed by atoms with Crippen LogP contribution in [0.25, 0.3) is 0 Å². The van der Waals surface area contributed by atoms with Gasteiger partial charge in [0.25, 0.3) is 5.91 Å². The Balaban J connectivity index is 0.00000364. The molecule has 2 amide bonds. The first-order valence-electron chi connectivity index (χ1n) is 9.04. The smallest absolute Gasteiger partial charge is 0.328 e. The molecule has 0 aliphatic heterocycles. The molecule has 0 radical (unpaired) electrons. The van der Waals surface area contributed by atoms with Crippen molar-refractivity contribution in [1.29, 1.82) is 0 Å². The van der Waals surface area contributed by atoms with E-state index in [-0.39, 0.29) is 42.7 Å². The summed E-state index contributed by atoms with van der Waals surface area (Å²) in [6, 6.07) is 5.84. The number of halogens is 1. The van der Waals surface area contributed by atoms with Crippen molar-refractivity contribution in [1.82, 2.24) is 5.32 Å². The average Bonchev–Trinajstić information content (AvgIpc) is 3.11. The predicted molar refractivity (Wildman–Crippen MR) is 106 cm³/mol. The summed E-state index contributed by atoms with van der Waals surface area (Å²) in [6.45, 7) is 4.07. The lowest BCUT2D eigenvalue weighted by Gasteiger charge is -2.17. The molecule has 2 rings (SSSR count). The number of carbonyl (C=O) groups excluding carboxylic acids is 3. The zero-order valence-corrected chi connectivity index (χ0v) is 16.5. The van der Waals surface area contributed by atoms with Gasteiger partial charge in [-0.1, -0.05) is 6.42 Å². The van der Waals surface area contributed by atoms with Gasteiger partial charge in [0.05, 0.1) is 6.61 Å². The number of rotatable bonds is 7. The molecular formula is C19H28ClN3O4. The third-order valence-corrected chi connectivity index (χ3v) is 4.70. The SMILES string of the molecule is CCOC(=O)C(C)NC(=O)c1ccc(NC(=O)[C@@H]2CCC[C@@H]2CN)cc1.Cl. The summed E-state index contributed by atoms with van der Waals surface area (Å²) in [5.74, 6) is -0.679. The number of hydrogen-bond acceptors (Lipinski definition) is 5. The lowest BCUT2D eigenvalue weighted by molar-refractivity contribution is -0.144. The first-order chi connectivity index (χ1) is 12.5. The molecule has 0 aromatic heterocycles. The maximum absolute atomic E-state index is 12.4. The molecule has 1 aromatic carbocycles. The molecule has 27 heavy (non-hydrogen) atoms. The van der Waals surface area contributed by atoms with Gasteiger partial charge in [0, 0.05) is 17.2 Å². The first kappa shape index (κ1) is 22.9. The van der Waals surface area contributed by atoms with E-state index in [0.717, 1.165) is 19.3 Å². The Bertz CT molecular complexity index is 651. The molecule has 3 atom stereocenters. The number of ether oxygens (including phenoxy) is 1. The Hall–Kier alpha value is -2.12. The highest BCUT2D eigenvalue weighted by molar-refractivity contribution is 5.98. The fourth-order valence-electron chi connectivity index (χ4n) is 3.21. The zero-order valence-electron chi connectivity index (χ0n) is 15.7. The van der Waals surface area contributed by atoms with Crippen molar-refractivity contribution in [2.24, 2.45) is 17.6 Å². The summed E-state index contributed by atoms with van der Waals surface area (Å²) >= 11 is 0. The molecule has 0 spiro atoms. The summed E-state index contributed by atoms with van der Waals surface area (Å²) in [5, 5.41) is 5.47. The number of nitrogens with one attached hydrogen (secondary N) is 2. The minimum absolute atomic E-state index is 0. The molecule has 1 saturated carbocycles. The summed E-state index contributed by atoms with van der Waals surface area (Å²) in [7, 11) is 0. The lowest BCUT2D eigenvalue weighted by atomic mass is 9.95. The second-order valence-corrected chi connectivity index (χ2v) is 6.55. The van der Waals surface area contributed by atoms with Crippen molar-refractivity contribution in [3.05, 3.63) is 29.8 Å². The molecule has 1 aromatic rings. The van der Waals surface area contributed by atoms with Crippen molar-refractivity contribution in [2.75, 3.05) is 18.5 Å². The maximum Gasteiger partial charge on any atom is 0.328 e. The molecule has 1 aliphatic carbocycles. The number of hydrogen-bond donors (Lipinski definition) is 3. The van der Waals surface area contributed by atoms with Gasteiger partial charge in [-0.3, -0.25) is 9.59 Å². The molecule has 1 aliphatic rings. The third-order valence-electron chi connectivity index (χ3n) is 4.70. The third kappa shape index (κ3) is 6.22. The van der Waals surface area contributed by atoms with E-state index in [1.807, 2.05) is 0 Å². The minimum Gasteiger partial charge on any atom is -0.464 e. The second kappa shape index (κ2) is 10.9. The van der Waals surface area contributed by atoms with Crippen molar-refractivity contribution >= 4 is 35.9 Å². The van der Waals surface area contributed by atoms with Crippen LogP contribution in [0.15, 0.2) is 24.3 Å². The fourth-order valence-corrected chi connectivity index (χ4v) is 3.21. The molecule has 0 bridgehead atoms. The van der Waals surface area contributed by atoms with Gasteiger partial charge in [0.1, 0.15) is 6.04 Å². The van der Waals surface area contributed by atoms with E-state index >= 15 is 0 Å².